The van der Waals surface area contributed by atoms with Crippen molar-refractivity contribution in [2.24, 2.45) is 0 Å². The molecule has 164 valence electrons. The molecule has 2 N–H and O–H groups in total. The average molecular weight is 441 g/mol. The van der Waals surface area contributed by atoms with Gasteiger partial charge >= 0.3 is 0 Å². The number of methoxy groups -OCH3 is 2. The van der Waals surface area contributed by atoms with Gasteiger partial charge in [-0.2, -0.15) is 0 Å². The first-order valence-corrected chi connectivity index (χ1v) is 11.0. The van der Waals surface area contributed by atoms with E-state index in [0.29, 0.717) is 22.3 Å². The van der Waals surface area contributed by atoms with Crippen molar-refractivity contribution in [3.8, 4) is 11.5 Å². The number of aromatic nitrogens is 1. The number of benzene rings is 2. The molecular formula is C23H28N4O3S. The van der Waals surface area contributed by atoms with E-state index in [-0.39, 0.29) is 5.91 Å². The molecule has 0 unspecified atom stereocenters. The first-order valence-electron chi connectivity index (χ1n) is 10.1. The summed E-state index contributed by atoms with van der Waals surface area (Å²) in [7, 11) is 3.20. The van der Waals surface area contributed by atoms with E-state index < -0.39 is 0 Å². The number of nitrogens with one attached hydrogen (secondary N) is 2. The Kier molecular flexibility index (Phi) is 7.36. The lowest BCUT2D eigenvalue weighted by atomic mass is 10.1. The summed E-state index contributed by atoms with van der Waals surface area (Å²) in [4.78, 5) is 19.4. The molecule has 2 aromatic carbocycles. The molecule has 3 rings (SSSR count). The monoisotopic (exact) mass is 440 g/mol. The number of hydrogen-bond acceptors (Lipinski definition) is 7. The van der Waals surface area contributed by atoms with Gasteiger partial charge in [0, 0.05) is 35.9 Å². The maximum atomic E-state index is 12.7. The highest BCUT2D eigenvalue weighted by atomic mass is 32.1. The Morgan fingerprint density at radius 3 is 2.45 bits per heavy atom. The molecule has 1 amide bonds. The number of hydrogen-bond donors (Lipinski definition) is 2. The third-order valence-corrected chi connectivity index (χ3v) is 5.73. The largest absolute Gasteiger partial charge is 0.497 e. The van der Waals surface area contributed by atoms with E-state index in [1.807, 2.05) is 31.2 Å². The summed E-state index contributed by atoms with van der Waals surface area (Å²) in [6, 6.07) is 11.5. The fourth-order valence-electron chi connectivity index (χ4n) is 3.21. The maximum absolute atomic E-state index is 12.7. The molecule has 1 heterocycles. The Hall–Kier alpha value is -3.26. The van der Waals surface area contributed by atoms with Crippen molar-refractivity contribution >= 4 is 39.4 Å². The Balaban J connectivity index is 1.71. The van der Waals surface area contributed by atoms with Crippen molar-refractivity contribution in [1.29, 1.82) is 0 Å². The van der Waals surface area contributed by atoms with Gasteiger partial charge in [0.05, 0.1) is 19.9 Å². The minimum Gasteiger partial charge on any atom is -0.497 e. The molecule has 0 fully saturated rings. The lowest BCUT2D eigenvalue weighted by Crippen LogP contribution is -2.22. The third kappa shape index (κ3) is 5.27. The van der Waals surface area contributed by atoms with Crippen LogP contribution in [0, 0.1) is 6.92 Å². The second-order valence-electron chi connectivity index (χ2n) is 6.85. The SMILES string of the molecule is CCN(CC)c1ccc(NC(=O)c2csc(Nc3ccc(OC)cc3OC)n2)c(C)c1. The van der Waals surface area contributed by atoms with Crippen molar-refractivity contribution < 1.29 is 14.3 Å². The lowest BCUT2D eigenvalue weighted by Gasteiger charge is -2.22. The minimum absolute atomic E-state index is 0.246. The van der Waals surface area contributed by atoms with E-state index >= 15 is 0 Å². The number of ether oxygens (including phenoxy) is 2. The predicted octanol–water partition coefficient (Wildman–Crippen LogP) is 5.31. The van der Waals surface area contributed by atoms with Crippen LogP contribution in [0.15, 0.2) is 41.8 Å². The van der Waals surface area contributed by atoms with Crippen LogP contribution >= 0.6 is 11.3 Å². The molecule has 0 radical (unpaired) electrons. The number of carbonyl (C=O) groups is 1. The fourth-order valence-corrected chi connectivity index (χ4v) is 3.92. The van der Waals surface area contributed by atoms with Crippen LogP contribution in [-0.4, -0.2) is 38.2 Å². The third-order valence-electron chi connectivity index (χ3n) is 4.97. The first kappa shape index (κ1) is 22.4. The van der Waals surface area contributed by atoms with Gasteiger partial charge in [0.2, 0.25) is 0 Å². The van der Waals surface area contributed by atoms with Crippen molar-refractivity contribution in [3.05, 3.63) is 53.0 Å². The Morgan fingerprint density at radius 1 is 1.06 bits per heavy atom. The molecule has 0 saturated carbocycles. The molecule has 0 saturated heterocycles. The summed E-state index contributed by atoms with van der Waals surface area (Å²) in [6.45, 7) is 8.13. The van der Waals surface area contributed by atoms with Gasteiger partial charge in [-0.1, -0.05) is 0 Å². The van der Waals surface area contributed by atoms with Crippen molar-refractivity contribution in [2.75, 3.05) is 42.8 Å². The highest BCUT2D eigenvalue weighted by Crippen LogP contribution is 2.32. The second kappa shape index (κ2) is 10.2. The normalized spacial score (nSPS) is 10.5. The Morgan fingerprint density at radius 2 is 1.81 bits per heavy atom. The van der Waals surface area contributed by atoms with E-state index in [1.165, 1.54) is 11.3 Å². The fraction of sp³-hybridized carbons (Fsp3) is 0.304. The van der Waals surface area contributed by atoms with E-state index in [1.54, 1.807) is 25.7 Å². The zero-order valence-corrected chi connectivity index (χ0v) is 19.3. The van der Waals surface area contributed by atoms with Gasteiger partial charge in [-0.3, -0.25) is 4.79 Å². The van der Waals surface area contributed by atoms with Crippen LogP contribution in [0.25, 0.3) is 0 Å². The zero-order chi connectivity index (χ0) is 22.4. The molecule has 7 nitrogen and oxygen atoms in total. The minimum atomic E-state index is -0.246. The van der Waals surface area contributed by atoms with Crippen LogP contribution in [0.3, 0.4) is 0 Å². The van der Waals surface area contributed by atoms with Crippen LogP contribution in [0.5, 0.6) is 11.5 Å². The van der Waals surface area contributed by atoms with Gasteiger partial charge in [-0.15, -0.1) is 11.3 Å². The number of amides is 1. The molecule has 1 aromatic heterocycles. The number of nitrogens with zero attached hydrogens (tertiary/aromatic N) is 2. The zero-order valence-electron chi connectivity index (χ0n) is 18.5. The van der Waals surface area contributed by atoms with Crippen LogP contribution in [0.1, 0.15) is 29.9 Å². The quantitative estimate of drug-likeness (QED) is 0.470. The number of rotatable bonds is 9. The smallest absolute Gasteiger partial charge is 0.275 e. The Bertz CT molecular complexity index is 1050. The molecule has 0 aliphatic heterocycles. The topological polar surface area (TPSA) is 75.7 Å². The number of aryl methyl sites for hydroxylation is 1. The predicted molar refractivity (Wildman–Crippen MR) is 128 cm³/mol. The summed E-state index contributed by atoms with van der Waals surface area (Å²) in [5.74, 6) is 1.08. The van der Waals surface area contributed by atoms with E-state index in [0.717, 1.165) is 35.7 Å². The molecule has 0 spiro atoms. The summed E-state index contributed by atoms with van der Waals surface area (Å²) in [6.07, 6.45) is 0. The van der Waals surface area contributed by atoms with E-state index in [9.17, 15) is 4.79 Å². The lowest BCUT2D eigenvalue weighted by molar-refractivity contribution is 0.102. The van der Waals surface area contributed by atoms with Gasteiger partial charge in [0.1, 0.15) is 17.2 Å². The van der Waals surface area contributed by atoms with Crippen LogP contribution in [0.2, 0.25) is 0 Å². The number of thiazole rings is 1. The molecule has 3 aromatic rings. The summed E-state index contributed by atoms with van der Waals surface area (Å²) in [5, 5.41) is 8.49. The standard InChI is InChI=1S/C23H28N4O3S/c1-6-27(7-2)16-8-10-18(15(3)12-16)24-22(28)20-14-31-23(26-20)25-19-11-9-17(29-4)13-21(19)30-5/h8-14H,6-7H2,1-5H3,(H,24,28)(H,25,26). The number of carbonyl (C=O) groups excluding carboxylic acids is 1. The second-order valence-corrected chi connectivity index (χ2v) is 7.71. The van der Waals surface area contributed by atoms with Gasteiger partial charge < -0.3 is 25.0 Å². The molecule has 0 atom stereocenters. The van der Waals surface area contributed by atoms with Crippen molar-refractivity contribution in [1.82, 2.24) is 4.98 Å². The summed E-state index contributed by atoms with van der Waals surface area (Å²) >= 11 is 1.35. The van der Waals surface area contributed by atoms with Crippen LogP contribution in [0.4, 0.5) is 22.2 Å². The van der Waals surface area contributed by atoms with Crippen LogP contribution < -0.4 is 25.0 Å². The number of anilines is 4. The molecule has 0 aliphatic rings. The summed E-state index contributed by atoms with van der Waals surface area (Å²) < 4.78 is 10.6. The van der Waals surface area contributed by atoms with E-state index in [4.69, 9.17) is 9.47 Å². The highest BCUT2D eigenvalue weighted by molar-refractivity contribution is 7.14. The first-order chi connectivity index (χ1) is 15.0. The van der Waals surface area contributed by atoms with Gasteiger partial charge in [-0.25, -0.2) is 4.98 Å². The van der Waals surface area contributed by atoms with Crippen molar-refractivity contribution in [2.45, 2.75) is 20.8 Å². The summed E-state index contributed by atoms with van der Waals surface area (Å²) in [5.41, 5.74) is 4.03. The van der Waals surface area contributed by atoms with Gasteiger partial charge in [0.15, 0.2) is 5.13 Å². The van der Waals surface area contributed by atoms with Crippen LogP contribution in [-0.2, 0) is 0 Å². The highest BCUT2D eigenvalue weighted by Gasteiger charge is 2.14. The average Bonchev–Trinajstić information content (AvgIpc) is 3.25. The molecule has 31 heavy (non-hydrogen) atoms. The molecule has 0 bridgehead atoms. The van der Waals surface area contributed by atoms with Gasteiger partial charge in [0.25, 0.3) is 5.91 Å². The molecule has 0 aliphatic carbocycles. The molecule has 8 heteroatoms. The van der Waals surface area contributed by atoms with Gasteiger partial charge in [-0.05, 0) is 56.7 Å². The Labute approximate surface area is 187 Å². The maximum Gasteiger partial charge on any atom is 0.275 e. The van der Waals surface area contributed by atoms with Crippen molar-refractivity contribution in [3.63, 3.8) is 0 Å². The molecular weight excluding hydrogens is 412 g/mol. The van der Waals surface area contributed by atoms with E-state index in [2.05, 4.69) is 40.4 Å².